The average Bonchev–Trinajstić information content (AvgIpc) is 1.88. The Morgan fingerprint density at radius 1 is 1.70 bits per heavy atom. The number of hydrogen-bond donors (Lipinski definition) is 0. The van der Waals surface area contributed by atoms with E-state index in [2.05, 4.69) is 6.58 Å². The molecule has 0 aromatic rings. The van der Waals surface area contributed by atoms with E-state index in [1.807, 2.05) is 13.8 Å². The zero-order valence-corrected chi connectivity index (χ0v) is 7.40. The number of ether oxygens (including phenoxy) is 1. The second kappa shape index (κ2) is 5.75. The summed E-state index contributed by atoms with van der Waals surface area (Å²) in [4.78, 5) is 0. The van der Waals surface area contributed by atoms with Crippen molar-refractivity contribution in [3.05, 3.63) is 12.7 Å². The first-order chi connectivity index (χ1) is 4.70. The fourth-order valence-corrected chi connectivity index (χ4v) is 1.02. The third-order valence-corrected chi connectivity index (χ3v) is 1.62. The standard InChI is InChI=1S/C8H15ClO/c1-4-8(9)6-7(3)10-5-2/h4,7-8H,1,5-6H2,2-3H3. The predicted octanol–water partition coefficient (Wildman–Crippen LogP) is 2.59. The van der Waals surface area contributed by atoms with Crippen molar-refractivity contribution in [3.8, 4) is 0 Å². The van der Waals surface area contributed by atoms with Crippen molar-refractivity contribution in [1.82, 2.24) is 0 Å². The van der Waals surface area contributed by atoms with Gasteiger partial charge in [-0.3, -0.25) is 0 Å². The van der Waals surface area contributed by atoms with Crippen LogP contribution in [-0.2, 0) is 4.74 Å². The fourth-order valence-electron chi connectivity index (χ4n) is 0.766. The van der Waals surface area contributed by atoms with Crippen LogP contribution < -0.4 is 0 Å². The molecule has 0 fully saturated rings. The van der Waals surface area contributed by atoms with Gasteiger partial charge in [0.05, 0.1) is 11.5 Å². The van der Waals surface area contributed by atoms with Crippen LogP contribution in [0.2, 0.25) is 0 Å². The van der Waals surface area contributed by atoms with Gasteiger partial charge in [0.1, 0.15) is 0 Å². The van der Waals surface area contributed by atoms with E-state index < -0.39 is 0 Å². The highest BCUT2D eigenvalue weighted by Crippen LogP contribution is 2.08. The van der Waals surface area contributed by atoms with Crippen LogP contribution >= 0.6 is 11.6 Å². The second-order valence-electron chi connectivity index (χ2n) is 2.25. The highest BCUT2D eigenvalue weighted by molar-refractivity contribution is 6.21. The highest BCUT2D eigenvalue weighted by atomic mass is 35.5. The minimum Gasteiger partial charge on any atom is -0.379 e. The van der Waals surface area contributed by atoms with Crippen LogP contribution in [0.1, 0.15) is 20.3 Å². The van der Waals surface area contributed by atoms with Gasteiger partial charge in [0, 0.05) is 6.61 Å². The summed E-state index contributed by atoms with van der Waals surface area (Å²) >= 11 is 5.80. The van der Waals surface area contributed by atoms with E-state index in [9.17, 15) is 0 Å². The maximum atomic E-state index is 5.80. The van der Waals surface area contributed by atoms with Gasteiger partial charge in [-0.25, -0.2) is 0 Å². The fraction of sp³-hybridized carbons (Fsp3) is 0.750. The van der Waals surface area contributed by atoms with E-state index in [-0.39, 0.29) is 11.5 Å². The summed E-state index contributed by atoms with van der Waals surface area (Å²) in [7, 11) is 0. The largest absolute Gasteiger partial charge is 0.379 e. The third-order valence-electron chi connectivity index (χ3n) is 1.26. The quantitative estimate of drug-likeness (QED) is 0.446. The molecule has 0 bridgehead atoms. The van der Waals surface area contributed by atoms with Gasteiger partial charge in [0.2, 0.25) is 0 Å². The van der Waals surface area contributed by atoms with E-state index in [1.165, 1.54) is 0 Å². The van der Waals surface area contributed by atoms with E-state index in [1.54, 1.807) is 6.08 Å². The van der Waals surface area contributed by atoms with E-state index in [0.29, 0.717) is 0 Å². The smallest absolute Gasteiger partial charge is 0.0564 e. The topological polar surface area (TPSA) is 9.23 Å². The molecule has 0 aliphatic heterocycles. The Morgan fingerprint density at radius 3 is 2.70 bits per heavy atom. The molecule has 2 heteroatoms. The van der Waals surface area contributed by atoms with Crippen LogP contribution in [0.15, 0.2) is 12.7 Å². The number of rotatable bonds is 5. The number of allylic oxidation sites excluding steroid dienone is 1. The van der Waals surface area contributed by atoms with Crippen LogP contribution in [0.5, 0.6) is 0 Å². The van der Waals surface area contributed by atoms with Crippen LogP contribution in [0.3, 0.4) is 0 Å². The molecule has 0 aromatic heterocycles. The summed E-state index contributed by atoms with van der Waals surface area (Å²) in [5.74, 6) is 0. The van der Waals surface area contributed by atoms with E-state index in [0.717, 1.165) is 13.0 Å². The van der Waals surface area contributed by atoms with Crippen LogP contribution in [0, 0.1) is 0 Å². The lowest BCUT2D eigenvalue weighted by Gasteiger charge is -2.12. The Morgan fingerprint density at radius 2 is 2.30 bits per heavy atom. The van der Waals surface area contributed by atoms with Gasteiger partial charge < -0.3 is 4.74 Å². The molecule has 2 unspecified atom stereocenters. The van der Waals surface area contributed by atoms with Gasteiger partial charge in [0.15, 0.2) is 0 Å². The SMILES string of the molecule is C=CC(Cl)CC(C)OCC. The molecular weight excluding hydrogens is 148 g/mol. The summed E-state index contributed by atoms with van der Waals surface area (Å²) in [6, 6.07) is 0. The Kier molecular flexibility index (Phi) is 5.74. The van der Waals surface area contributed by atoms with Gasteiger partial charge in [-0.2, -0.15) is 0 Å². The molecule has 60 valence electrons. The summed E-state index contributed by atoms with van der Waals surface area (Å²) in [5, 5.41) is 0.0431. The van der Waals surface area contributed by atoms with Gasteiger partial charge in [-0.1, -0.05) is 6.08 Å². The first kappa shape index (κ1) is 9.99. The van der Waals surface area contributed by atoms with Crippen LogP contribution in [0.25, 0.3) is 0 Å². The summed E-state index contributed by atoms with van der Waals surface area (Å²) in [6.45, 7) is 8.33. The number of alkyl halides is 1. The molecule has 10 heavy (non-hydrogen) atoms. The van der Waals surface area contributed by atoms with Gasteiger partial charge in [0.25, 0.3) is 0 Å². The van der Waals surface area contributed by atoms with E-state index >= 15 is 0 Å². The maximum Gasteiger partial charge on any atom is 0.0564 e. The van der Waals surface area contributed by atoms with Crippen molar-refractivity contribution < 1.29 is 4.74 Å². The minimum atomic E-state index is 0.0431. The molecule has 0 aromatic carbocycles. The zero-order chi connectivity index (χ0) is 7.98. The van der Waals surface area contributed by atoms with Crippen molar-refractivity contribution >= 4 is 11.6 Å². The normalized spacial score (nSPS) is 16.3. The van der Waals surface area contributed by atoms with Gasteiger partial charge in [-0.15, -0.1) is 18.2 Å². The highest BCUT2D eigenvalue weighted by Gasteiger charge is 2.05. The Balaban J connectivity index is 3.36. The van der Waals surface area contributed by atoms with Crippen LogP contribution in [-0.4, -0.2) is 18.1 Å². The predicted molar refractivity (Wildman–Crippen MR) is 45.5 cm³/mol. The average molecular weight is 163 g/mol. The molecule has 0 radical (unpaired) electrons. The molecule has 0 rings (SSSR count). The number of halogens is 1. The summed E-state index contributed by atoms with van der Waals surface area (Å²) < 4.78 is 5.28. The summed E-state index contributed by atoms with van der Waals surface area (Å²) in [5.41, 5.74) is 0. The monoisotopic (exact) mass is 162 g/mol. The van der Waals surface area contributed by atoms with Crippen molar-refractivity contribution in [2.75, 3.05) is 6.61 Å². The third kappa shape index (κ3) is 4.83. The molecule has 0 aliphatic rings. The molecule has 0 saturated heterocycles. The zero-order valence-electron chi connectivity index (χ0n) is 6.64. The summed E-state index contributed by atoms with van der Waals surface area (Å²) in [6.07, 6.45) is 2.82. The first-order valence-electron chi connectivity index (χ1n) is 3.59. The molecule has 0 N–H and O–H groups in total. The molecule has 0 amide bonds. The second-order valence-corrected chi connectivity index (χ2v) is 2.81. The Hall–Kier alpha value is -0.0100. The minimum absolute atomic E-state index is 0.0431. The number of hydrogen-bond acceptors (Lipinski definition) is 1. The molecule has 1 nitrogen and oxygen atoms in total. The van der Waals surface area contributed by atoms with Gasteiger partial charge in [-0.05, 0) is 20.3 Å². The Bertz CT molecular complexity index is 93.3. The molecule has 2 atom stereocenters. The van der Waals surface area contributed by atoms with Crippen molar-refractivity contribution in [2.45, 2.75) is 31.7 Å². The molecule has 0 spiro atoms. The molecule has 0 heterocycles. The lowest BCUT2D eigenvalue weighted by Crippen LogP contribution is -2.12. The lowest BCUT2D eigenvalue weighted by molar-refractivity contribution is 0.0717. The van der Waals surface area contributed by atoms with Gasteiger partial charge >= 0.3 is 0 Å². The maximum absolute atomic E-state index is 5.80. The van der Waals surface area contributed by atoms with Crippen molar-refractivity contribution in [3.63, 3.8) is 0 Å². The first-order valence-corrected chi connectivity index (χ1v) is 4.02. The van der Waals surface area contributed by atoms with Crippen molar-refractivity contribution in [1.29, 1.82) is 0 Å². The molecular formula is C8H15ClO. The molecule has 0 aliphatic carbocycles. The lowest BCUT2D eigenvalue weighted by atomic mass is 10.2. The van der Waals surface area contributed by atoms with Crippen LogP contribution in [0.4, 0.5) is 0 Å². The molecule has 0 saturated carbocycles. The van der Waals surface area contributed by atoms with E-state index in [4.69, 9.17) is 16.3 Å². The van der Waals surface area contributed by atoms with Crippen molar-refractivity contribution in [2.24, 2.45) is 0 Å². The Labute approximate surface area is 68.0 Å².